The van der Waals surface area contributed by atoms with Crippen LogP contribution in [0.4, 0.5) is 5.69 Å². The number of methoxy groups -OCH3 is 2. The topological polar surface area (TPSA) is 102 Å². The Balaban J connectivity index is 2.50. The van der Waals surface area contributed by atoms with E-state index >= 15 is 0 Å². The van der Waals surface area contributed by atoms with Crippen molar-refractivity contribution in [2.45, 2.75) is 11.8 Å². The van der Waals surface area contributed by atoms with Crippen LogP contribution in [-0.2, 0) is 10.0 Å². The molecule has 8 heteroatoms. The molecule has 0 bridgehead atoms. The Morgan fingerprint density at radius 1 is 1.12 bits per heavy atom. The van der Waals surface area contributed by atoms with Crippen molar-refractivity contribution in [2.24, 2.45) is 0 Å². The van der Waals surface area contributed by atoms with E-state index in [0.717, 1.165) is 0 Å². The van der Waals surface area contributed by atoms with Gasteiger partial charge in [0.05, 0.1) is 25.5 Å². The van der Waals surface area contributed by atoms with Gasteiger partial charge in [0.2, 0.25) is 0 Å². The minimum absolute atomic E-state index is 0.0211. The third-order valence-corrected chi connectivity index (χ3v) is 4.86. The van der Waals surface area contributed by atoms with E-state index < -0.39 is 16.0 Å². The number of nitrogens with one attached hydrogen (secondary N) is 1. The summed E-state index contributed by atoms with van der Waals surface area (Å²) in [5.74, 6) is -0.630. The number of benzene rings is 2. The summed E-state index contributed by atoms with van der Waals surface area (Å²) in [5.41, 5.74) is 0.517. The van der Waals surface area contributed by atoms with E-state index in [-0.39, 0.29) is 21.9 Å². The number of carboxylic acid groups (broad SMARTS) is 1. The molecule has 2 rings (SSSR count). The molecule has 0 radical (unpaired) electrons. The summed E-state index contributed by atoms with van der Waals surface area (Å²) in [7, 11) is -1.22. The highest BCUT2D eigenvalue weighted by Crippen LogP contribution is 2.30. The molecule has 0 aliphatic carbocycles. The van der Waals surface area contributed by atoms with Gasteiger partial charge >= 0.3 is 5.97 Å². The van der Waals surface area contributed by atoms with E-state index in [4.69, 9.17) is 14.6 Å². The van der Waals surface area contributed by atoms with Crippen molar-refractivity contribution < 1.29 is 27.8 Å². The maximum atomic E-state index is 12.7. The van der Waals surface area contributed by atoms with Gasteiger partial charge in [-0.15, -0.1) is 0 Å². The Morgan fingerprint density at radius 3 is 2.42 bits per heavy atom. The van der Waals surface area contributed by atoms with Gasteiger partial charge in [-0.3, -0.25) is 4.72 Å². The minimum Gasteiger partial charge on any atom is -0.497 e. The first-order valence-corrected chi connectivity index (χ1v) is 8.36. The van der Waals surface area contributed by atoms with Crippen LogP contribution in [0.3, 0.4) is 0 Å². The molecule has 128 valence electrons. The van der Waals surface area contributed by atoms with Crippen molar-refractivity contribution in [3.05, 3.63) is 47.5 Å². The molecule has 2 aromatic rings. The van der Waals surface area contributed by atoms with Crippen molar-refractivity contribution in [3.63, 3.8) is 0 Å². The van der Waals surface area contributed by atoms with E-state index in [0.29, 0.717) is 11.3 Å². The van der Waals surface area contributed by atoms with Crippen LogP contribution in [0.1, 0.15) is 15.9 Å². The molecule has 0 saturated heterocycles. The molecule has 2 aromatic carbocycles. The zero-order valence-corrected chi connectivity index (χ0v) is 14.2. The second-order valence-corrected chi connectivity index (χ2v) is 6.56. The zero-order chi connectivity index (χ0) is 17.9. The predicted molar refractivity (Wildman–Crippen MR) is 88.5 cm³/mol. The molecule has 0 fully saturated rings. The third kappa shape index (κ3) is 3.43. The first-order chi connectivity index (χ1) is 11.3. The van der Waals surface area contributed by atoms with Crippen LogP contribution in [0.5, 0.6) is 11.5 Å². The normalized spacial score (nSPS) is 11.0. The van der Waals surface area contributed by atoms with Crippen LogP contribution in [0, 0.1) is 6.92 Å². The molecule has 0 saturated carbocycles. The highest BCUT2D eigenvalue weighted by Gasteiger charge is 2.22. The van der Waals surface area contributed by atoms with E-state index in [1.54, 1.807) is 6.07 Å². The number of aromatic carboxylic acids is 1. The van der Waals surface area contributed by atoms with Crippen LogP contribution in [0.2, 0.25) is 0 Å². The number of sulfonamides is 1. The average molecular weight is 351 g/mol. The fraction of sp³-hybridized carbons (Fsp3) is 0.188. The van der Waals surface area contributed by atoms with Crippen LogP contribution in [-0.4, -0.2) is 33.7 Å². The molecule has 0 spiro atoms. The monoisotopic (exact) mass is 351 g/mol. The van der Waals surface area contributed by atoms with Gasteiger partial charge in [-0.25, -0.2) is 13.2 Å². The van der Waals surface area contributed by atoms with Gasteiger partial charge in [-0.1, -0.05) is 6.07 Å². The van der Waals surface area contributed by atoms with Gasteiger partial charge in [0.15, 0.2) is 0 Å². The summed E-state index contributed by atoms with van der Waals surface area (Å²) in [5, 5.41) is 9.14. The summed E-state index contributed by atoms with van der Waals surface area (Å²) in [4.78, 5) is 11.1. The van der Waals surface area contributed by atoms with Gasteiger partial charge in [0, 0.05) is 6.07 Å². The highest BCUT2D eigenvalue weighted by molar-refractivity contribution is 7.92. The lowest BCUT2D eigenvalue weighted by atomic mass is 10.1. The van der Waals surface area contributed by atoms with Crippen molar-refractivity contribution >= 4 is 21.7 Å². The van der Waals surface area contributed by atoms with Crippen LogP contribution >= 0.6 is 0 Å². The molecule has 2 N–H and O–H groups in total. The van der Waals surface area contributed by atoms with Gasteiger partial charge in [0.1, 0.15) is 16.4 Å². The second-order valence-electron chi connectivity index (χ2n) is 4.91. The van der Waals surface area contributed by atoms with Crippen molar-refractivity contribution in [3.8, 4) is 11.5 Å². The Kier molecular flexibility index (Phi) is 4.99. The summed E-state index contributed by atoms with van der Waals surface area (Å²) < 4.78 is 37.9. The smallest absolute Gasteiger partial charge is 0.336 e. The number of rotatable bonds is 6. The third-order valence-electron chi connectivity index (χ3n) is 3.47. The number of hydrogen-bond acceptors (Lipinski definition) is 5. The number of carboxylic acids is 1. The van der Waals surface area contributed by atoms with Gasteiger partial charge in [-0.05, 0) is 36.8 Å². The molecule has 0 aliphatic heterocycles. The zero-order valence-electron chi connectivity index (χ0n) is 13.4. The molecule has 24 heavy (non-hydrogen) atoms. The summed E-state index contributed by atoms with van der Waals surface area (Å²) in [6, 6.07) is 8.75. The Bertz CT molecular complexity index is 876. The van der Waals surface area contributed by atoms with E-state index in [1.807, 2.05) is 0 Å². The van der Waals surface area contributed by atoms with E-state index in [2.05, 4.69) is 4.72 Å². The van der Waals surface area contributed by atoms with Gasteiger partial charge in [-0.2, -0.15) is 0 Å². The predicted octanol–water partition coefficient (Wildman–Crippen LogP) is 2.51. The molecule has 0 atom stereocenters. The maximum absolute atomic E-state index is 12.7. The van der Waals surface area contributed by atoms with Gasteiger partial charge < -0.3 is 14.6 Å². The SMILES string of the molecule is COc1ccc(OC)c(S(=O)(=O)Nc2cccc(C(=O)O)c2C)c1. The lowest BCUT2D eigenvalue weighted by Crippen LogP contribution is -2.16. The molecule has 0 aliphatic rings. The Morgan fingerprint density at radius 2 is 1.83 bits per heavy atom. The van der Waals surface area contributed by atoms with Crippen molar-refractivity contribution in [1.82, 2.24) is 0 Å². The fourth-order valence-electron chi connectivity index (χ4n) is 2.17. The lowest BCUT2D eigenvalue weighted by Gasteiger charge is -2.15. The van der Waals surface area contributed by atoms with Crippen LogP contribution in [0.15, 0.2) is 41.3 Å². The first-order valence-electron chi connectivity index (χ1n) is 6.88. The van der Waals surface area contributed by atoms with Crippen molar-refractivity contribution in [2.75, 3.05) is 18.9 Å². The number of ether oxygens (including phenoxy) is 2. The molecule has 0 unspecified atom stereocenters. The summed E-state index contributed by atoms with van der Waals surface area (Å²) in [6.45, 7) is 1.53. The molecule has 0 aromatic heterocycles. The summed E-state index contributed by atoms with van der Waals surface area (Å²) in [6.07, 6.45) is 0. The van der Waals surface area contributed by atoms with Crippen molar-refractivity contribution in [1.29, 1.82) is 0 Å². The first kappa shape index (κ1) is 17.6. The number of hydrogen-bond donors (Lipinski definition) is 2. The largest absolute Gasteiger partial charge is 0.497 e. The molecule has 0 amide bonds. The van der Waals surface area contributed by atoms with E-state index in [9.17, 15) is 13.2 Å². The standard InChI is InChI=1S/C16H17NO6S/c1-10-12(16(18)19)5-4-6-13(10)17-24(20,21)15-9-11(22-2)7-8-14(15)23-3/h4-9,17H,1-3H3,(H,18,19). The van der Waals surface area contributed by atoms with Crippen LogP contribution in [0.25, 0.3) is 0 Å². The highest BCUT2D eigenvalue weighted by atomic mass is 32.2. The maximum Gasteiger partial charge on any atom is 0.336 e. The minimum atomic E-state index is -4.00. The summed E-state index contributed by atoms with van der Waals surface area (Å²) >= 11 is 0. The molecular weight excluding hydrogens is 334 g/mol. The Labute approximate surface area is 139 Å². The molecular formula is C16H17NO6S. The molecule has 7 nitrogen and oxygen atoms in total. The van der Waals surface area contributed by atoms with Gasteiger partial charge in [0.25, 0.3) is 10.0 Å². The lowest BCUT2D eigenvalue weighted by molar-refractivity contribution is 0.0696. The number of carbonyl (C=O) groups is 1. The molecule has 0 heterocycles. The number of anilines is 1. The van der Waals surface area contributed by atoms with Crippen LogP contribution < -0.4 is 14.2 Å². The average Bonchev–Trinajstić information content (AvgIpc) is 2.55. The van der Waals surface area contributed by atoms with E-state index in [1.165, 1.54) is 51.5 Å². The quantitative estimate of drug-likeness (QED) is 0.829. The Hall–Kier alpha value is -2.74. The fourth-order valence-corrected chi connectivity index (χ4v) is 3.48. The second kappa shape index (κ2) is 6.79.